The summed E-state index contributed by atoms with van der Waals surface area (Å²) >= 11 is 0. The first kappa shape index (κ1) is 11.6. The molecule has 1 atom stereocenters. The lowest BCUT2D eigenvalue weighted by Crippen LogP contribution is -2.49. The van der Waals surface area contributed by atoms with Crippen molar-refractivity contribution >= 4 is 0 Å². The molecule has 90 valence electrons. The smallest absolute Gasteiger partial charge is 0.0951 e. The predicted molar refractivity (Wildman–Crippen MR) is 65.4 cm³/mol. The van der Waals surface area contributed by atoms with Crippen molar-refractivity contribution in [2.45, 2.75) is 39.4 Å². The highest BCUT2D eigenvalue weighted by molar-refractivity contribution is 5.00. The fourth-order valence-electron chi connectivity index (χ4n) is 2.25. The second-order valence-electron chi connectivity index (χ2n) is 4.91. The molecule has 4 heteroatoms. The second-order valence-corrected chi connectivity index (χ2v) is 4.91. The van der Waals surface area contributed by atoms with Crippen LogP contribution in [0.5, 0.6) is 0 Å². The summed E-state index contributed by atoms with van der Waals surface area (Å²) in [4.78, 5) is 6.77. The maximum absolute atomic E-state index is 4.25. The zero-order valence-corrected chi connectivity index (χ0v) is 10.5. The first-order valence-corrected chi connectivity index (χ1v) is 6.14. The summed E-state index contributed by atoms with van der Waals surface area (Å²) in [6.45, 7) is 11.0. The van der Waals surface area contributed by atoms with E-state index in [1.54, 1.807) is 0 Å². The van der Waals surface area contributed by atoms with Crippen molar-refractivity contribution in [1.82, 2.24) is 19.8 Å². The Kier molecular flexibility index (Phi) is 3.61. The van der Waals surface area contributed by atoms with Crippen LogP contribution in [0.1, 0.15) is 32.5 Å². The van der Waals surface area contributed by atoms with Crippen LogP contribution in [0.15, 0.2) is 12.5 Å². The van der Waals surface area contributed by atoms with Crippen LogP contribution in [0.3, 0.4) is 0 Å². The van der Waals surface area contributed by atoms with Crippen LogP contribution in [0, 0.1) is 0 Å². The summed E-state index contributed by atoms with van der Waals surface area (Å²) in [6, 6.07) is 1.11. The van der Waals surface area contributed by atoms with Gasteiger partial charge in [0.25, 0.3) is 0 Å². The molecule has 0 spiro atoms. The third kappa shape index (κ3) is 2.44. The molecule has 2 rings (SSSR count). The van der Waals surface area contributed by atoms with Gasteiger partial charge in [-0.05, 0) is 20.8 Å². The highest BCUT2D eigenvalue weighted by Gasteiger charge is 2.19. The maximum Gasteiger partial charge on any atom is 0.0951 e. The van der Waals surface area contributed by atoms with Gasteiger partial charge >= 0.3 is 0 Å². The lowest BCUT2D eigenvalue weighted by Gasteiger charge is -2.34. The minimum absolute atomic E-state index is 0.496. The molecular weight excluding hydrogens is 200 g/mol. The van der Waals surface area contributed by atoms with Gasteiger partial charge in [-0.25, -0.2) is 4.98 Å². The zero-order chi connectivity index (χ0) is 11.5. The van der Waals surface area contributed by atoms with Crippen LogP contribution in [0.25, 0.3) is 0 Å². The normalized spacial score (nSPS) is 22.9. The van der Waals surface area contributed by atoms with E-state index in [9.17, 15) is 0 Å². The largest absolute Gasteiger partial charge is 0.331 e. The Morgan fingerprint density at radius 3 is 3.06 bits per heavy atom. The van der Waals surface area contributed by atoms with E-state index in [-0.39, 0.29) is 0 Å². The molecule has 1 fully saturated rings. The summed E-state index contributed by atoms with van der Waals surface area (Å²) in [7, 11) is 0. The Morgan fingerprint density at radius 2 is 2.38 bits per heavy atom. The third-order valence-electron chi connectivity index (χ3n) is 3.31. The van der Waals surface area contributed by atoms with Crippen molar-refractivity contribution in [3.63, 3.8) is 0 Å². The quantitative estimate of drug-likeness (QED) is 0.836. The summed E-state index contributed by atoms with van der Waals surface area (Å²) < 4.78 is 2.26. The van der Waals surface area contributed by atoms with Crippen molar-refractivity contribution in [2.24, 2.45) is 0 Å². The molecule has 1 aliphatic heterocycles. The van der Waals surface area contributed by atoms with Gasteiger partial charge in [-0.2, -0.15) is 0 Å². The molecule has 0 aliphatic carbocycles. The molecule has 16 heavy (non-hydrogen) atoms. The highest BCUT2D eigenvalue weighted by atomic mass is 15.2. The van der Waals surface area contributed by atoms with E-state index >= 15 is 0 Å². The standard InChI is InChI=1S/C12H22N4/c1-10(2)16-9-14-7-12(16)8-15-5-4-13-6-11(15)3/h7,9-11,13H,4-6,8H2,1-3H3/t11-/m1/s1. The second kappa shape index (κ2) is 4.97. The van der Waals surface area contributed by atoms with Gasteiger partial charge in [-0.3, -0.25) is 4.90 Å². The van der Waals surface area contributed by atoms with Crippen LogP contribution in [-0.4, -0.2) is 40.1 Å². The first-order valence-electron chi connectivity index (χ1n) is 6.14. The zero-order valence-electron chi connectivity index (χ0n) is 10.5. The molecule has 0 saturated carbocycles. The van der Waals surface area contributed by atoms with Gasteiger partial charge in [-0.15, -0.1) is 0 Å². The molecule has 4 nitrogen and oxygen atoms in total. The molecule has 1 aromatic rings. The fraction of sp³-hybridized carbons (Fsp3) is 0.750. The Bertz CT molecular complexity index is 332. The lowest BCUT2D eigenvalue weighted by molar-refractivity contribution is 0.161. The molecule has 0 radical (unpaired) electrons. The first-order chi connectivity index (χ1) is 7.68. The van der Waals surface area contributed by atoms with Crippen LogP contribution in [0.4, 0.5) is 0 Å². The van der Waals surface area contributed by atoms with Gasteiger partial charge in [0.05, 0.1) is 12.0 Å². The highest BCUT2D eigenvalue weighted by Crippen LogP contribution is 2.13. The summed E-state index contributed by atoms with van der Waals surface area (Å²) in [6.07, 6.45) is 3.93. The van der Waals surface area contributed by atoms with Crippen molar-refractivity contribution in [3.8, 4) is 0 Å². The topological polar surface area (TPSA) is 33.1 Å². The fourth-order valence-corrected chi connectivity index (χ4v) is 2.25. The Hall–Kier alpha value is -0.870. The van der Waals surface area contributed by atoms with E-state index < -0.39 is 0 Å². The molecular formula is C12H22N4. The number of hydrogen-bond acceptors (Lipinski definition) is 3. The summed E-state index contributed by atoms with van der Waals surface area (Å²) in [5.74, 6) is 0. The van der Waals surface area contributed by atoms with Gasteiger partial charge in [0, 0.05) is 44.5 Å². The summed E-state index contributed by atoms with van der Waals surface area (Å²) in [5, 5.41) is 3.42. The number of nitrogens with one attached hydrogen (secondary N) is 1. The molecule has 0 aromatic carbocycles. The van der Waals surface area contributed by atoms with Gasteiger partial charge in [-0.1, -0.05) is 0 Å². The van der Waals surface area contributed by atoms with E-state index in [4.69, 9.17) is 0 Å². The molecule has 0 unspecified atom stereocenters. The van der Waals surface area contributed by atoms with Crippen molar-refractivity contribution < 1.29 is 0 Å². The minimum atomic E-state index is 0.496. The van der Waals surface area contributed by atoms with E-state index in [0.29, 0.717) is 12.1 Å². The van der Waals surface area contributed by atoms with E-state index in [0.717, 1.165) is 26.2 Å². The number of imidazole rings is 1. The average Bonchev–Trinajstić information content (AvgIpc) is 2.69. The number of piperazine rings is 1. The molecule has 1 N–H and O–H groups in total. The molecule has 1 aromatic heterocycles. The van der Waals surface area contributed by atoms with Crippen molar-refractivity contribution in [3.05, 3.63) is 18.2 Å². The van der Waals surface area contributed by atoms with Crippen LogP contribution >= 0.6 is 0 Å². The van der Waals surface area contributed by atoms with Gasteiger partial charge in [0.2, 0.25) is 0 Å². The number of hydrogen-bond donors (Lipinski definition) is 1. The van der Waals surface area contributed by atoms with Crippen LogP contribution < -0.4 is 5.32 Å². The molecule has 1 aliphatic rings. The van der Waals surface area contributed by atoms with E-state index in [1.165, 1.54) is 5.69 Å². The Morgan fingerprint density at radius 1 is 1.56 bits per heavy atom. The monoisotopic (exact) mass is 222 g/mol. The lowest BCUT2D eigenvalue weighted by atomic mass is 10.2. The van der Waals surface area contributed by atoms with Gasteiger partial charge in [0.1, 0.15) is 0 Å². The van der Waals surface area contributed by atoms with Gasteiger partial charge in [0.15, 0.2) is 0 Å². The van der Waals surface area contributed by atoms with E-state index in [2.05, 4.69) is 40.5 Å². The summed E-state index contributed by atoms with van der Waals surface area (Å²) in [5.41, 5.74) is 1.32. The average molecular weight is 222 g/mol. The van der Waals surface area contributed by atoms with Crippen molar-refractivity contribution in [2.75, 3.05) is 19.6 Å². The molecule has 0 bridgehead atoms. The van der Waals surface area contributed by atoms with Crippen molar-refractivity contribution in [1.29, 1.82) is 0 Å². The van der Waals surface area contributed by atoms with Crippen LogP contribution in [0.2, 0.25) is 0 Å². The molecule has 1 saturated heterocycles. The Labute approximate surface area is 97.7 Å². The number of rotatable bonds is 3. The predicted octanol–water partition coefficient (Wildman–Crippen LogP) is 1.26. The number of aromatic nitrogens is 2. The third-order valence-corrected chi connectivity index (χ3v) is 3.31. The molecule has 0 amide bonds. The number of nitrogens with zero attached hydrogens (tertiary/aromatic N) is 3. The van der Waals surface area contributed by atoms with E-state index in [1.807, 2.05) is 12.5 Å². The maximum atomic E-state index is 4.25. The minimum Gasteiger partial charge on any atom is -0.331 e. The van der Waals surface area contributed by atoms with Crippen LogP contribution in [-0.2, 0) is 6.54 Å². The van der Waals surface area contributed by atoms with Gasteiger partial charge < -0.3 is 9.88 Å². The molecule has 2 heterocycles. The SMILES string of the molecule is CC(C)n1cncc1CN1CCNC[C@H]1C. The Balaban J connectivity index is 2.04.